The van der Waals surface area contributed by atoms with Crippen LogP contribution in [0.1, 0.15) is 50.9 Å². The fourth-order valence-corrected chi connectivity index (χ4v) is 4.10. The molecule has 1 saturated carbocycles. The van der Waals surface area contributed by atoms with E-state index in [9.17, 15) is 0 Å². The van der Waals surface area contributed by atoms with Crippen LogP contribution in [0.3, 0.4) is 0 Å². The molecule has 1 fully saturated rings. The van der Waals surface area contributed by atoms with Crippen molar-refractivity contribution in [2.24, 2.45) is 11.8 Å². The first-order chi connectivity index (χ1) is 9.06. The summed E-state index contributed by atoms with van der Waals surface area (Å²) in [6.07, 6.45) is 6.33. The van der Waals surface area contributed by atoms with Gasteiger partial charge in [0.05, 0.1) is 16.4 Å². The number of nitrogens with zero attached hydrogens (tertiary/aromatic N) is 2. The molecule has 1 aromatic heterocycles. The smallest absolute Gasteiger partial charge is 0.0847 e. The SMILES string of the molecule is CCC1CCC(Br)C(Cc2c(Cl)c(C)nn2CC)C1. The van der Waals surface area contributed by atoms with Crippen molar-refractivity contribution >= 4 is 27.5 Å². The van der Waals surface area contributed by atoms with Crippen LogP contribution in [-0.2, 0) is 13.0 Å². The zero-order chi connectivity index (χ0) is 14.0. The van der Waals surface area contributed by atoms with Crippen molar-refractivity contribution in [3.8, 4) is 0 Å². The molecule has 0 spiro atoms. The Bertz CT molecular complexity index is 430. The van der Waals surface area contributed by atoms with Gasteiger partial charge in [-0.3, -0.25) is 4.68 Å². The number of hydrogen-bond acceptors (Lipinski definition) is 1. The molecule has 0 aromatic carbocycles. The lowest BCUT2D eigenvalue weighted by molar-refractivity contribution is 0.267. The highest BCUT2D eigenvalue weighted by Crippen LogP contribution is 2.38. The van der Waals surface area contributed by atoms with Gasteiger partial charge in [0.1, 0.15) is 0 Å². The van der Waals surface area contributed by atoms with E-state index in [1.807, 2.05) is 6.92 Å². The molecule has 3 atom stereocenters. The van der Waals surface area contributed by atoms with Crippen molar-refractivity contribution in [2.45, 2.75) is 64.2 Å². The van der Waals surface area contributed by atoms with Crippen LogP contribution in [0.2, 0.25) is 5.02 Å². The molecule has 2 nitrogen and oxygen atoms in total. The standard InChI is InChI=1S/C15H24BrClN2/c1-4-11-6-7-13(16)12(8-11)9-14-15(17)10(3)18-19(14)5-2/h11-13H,4-9H2,1-3H3. The Labute approximate surface area is 130 Å². The first-order valence-corrected chi connectivity index (χ1v) is 8.71. The molecule has 1 aromatic rings. The van der Waals surface area contributed by atoms with Crippen LogP contribution in [0.5, 0.6) is 0 Å². The molecule has 3 unspecified atom stereocenters. The zero-order valence-electron chi connectivity index (χ0n) is 12.1. The van der Waals surface area contributed by atoms with E-state index in [-0.39, 0.29) is 0 Å². The van der Waals surface area contributed by atoms with Gasteiger partial charge in [-0.05, 0) is 51.4 Å². The van der Waals surface area contributed by atoms with Gasteiger partial charge >= 0.3 is 0 Å². The second-order valence-electron chi connectivity index (χ2n) is 5.73. The third-order valence-corrected chi connectivity index (χ3v) is 6.18. The maximum atomic E-state index is 6.43. The van der Waals surface area contributed by atoms with Crippen LogP contribution in [-0.4, -0.2) is 14.6 Å². The molecule has 0 radical (unpaired) electrons. The van der Waals surface area contributed by atoms with E-state index in [1.165, 1.54) is 31.4 Å². The van der Waals surface area contributed by atoms with Crippen molar-refractivity contribution in [3.63, 3.8) is 0 Å². The summed E-state index contributed by atoms with van der Waals surface area (Å²) < 4.78 is 2.08. The molecule has 0 N–H and O–H groups in total. The fraction of sp³-hybridized carbons (Fsp3) is 0.800. The lowest BCUT2D eigenvalue weighted by atomic mass is 9.78. The number of aromatic nitrogens is 2. The summed E-state index contributed by atoms with van der Waals surface area (Å²) in [4.78, 5) is 0.631. The van der Waals surface area contributed by atoms with Crippen LogP contribution in [0.15, 0.2) is 0 Å². The van der Waals surface area contributed by atoms with E-state index in [4.69, 9.17) is 11.6 Å². The lowest BCUT2D eigenvalue weighted by Crippen LogP contribution is -2.27. The summed E-state index contributed by atoms with van der Waals surface area (Å²) in [7, 11) is 0. The highest BCUT2D eigenvalue weighted by atomic mass is 79.9. The fourth-order valence-electron chi connectivity index (χ4n) is 3.22. The summed E-state index contributed by atoms with van der Waals surface area (Å²) in [5.74, 6) is 1.58. The van der Waals surface area contributed by atoms with Crippen molar-refractivity contribution in [1.29, 1.82) is 0 Å². The van der Waals surface area contributed by atoms with Gasteiger partial charge in [0.2, 0.25) is 0 Å². The zero-order valence-corrected chi connectivity index (χ0v) is 14.5. The largest absolute Gasteiger partial charge is 0.268 e. The van der Waals surface area contributed by atoms with Gasteiger partial charge in [-0.15, -0.1) is 0 Å². The summed E-state index contributed by atoms with van der Waals surface area (Å²) in [5, 5.41) is 5.40. The van der Waals surface area contributed by atoms with E-state index in [0.717, 1.165) is 29.6 Å². The molecule has 1 aliphatic rings. The summed E-state index contributed by atoms with van der Waals surface area (Å²) in [6.45, 7) is 7.34. The van der Waals surface area contributed by atoms with Crippen LogP contribution in [0, 0.1) is 18.8 Å². The number of rotatable bonds is 4. The van der Waals surface area contributed by atoms with Gasteiger partial charge in [-0.1, -0.05) is 40.9 Å². The van der Waals surface area contributed by atoms with Gasteiger partial charge in [-0.25, -0.2) is 0 Å². The molecule has 0 bridgehead atoms. The van der Waals surface area contributed by atoms with Crippen LogP contribution in [0.4, 0.5) is 0 Å². The van der Waals surface area contributed by atoms with Gasteiger partial charge in [0.15, 0.2) is 0 Å². The van der Waals surface area contributed by atoms with E-state index >= 15 is 0 Å². The summed E-state index contributed by atoms with van der Waals surface area (Å²) >= 11 is 10.3. The van der Waals surface area contributed by atoms with Crippen LogP contribution < -0.4 is 0 Å². The number of alkyl halides is 1. The van der Waals surface area contributed by atoms with E-state index in [2.05, 4.69) is 39.6 Å². The Morgan fingerprint density at radius 3 is 2.74 bits per heavy atom. The van der Waals surface area contributed by atoms with E-state index < -0.39 is 0 Å². The van der Waals surface area contributed by atoms with Crippen LogP contribution in [0.25, 0.3) is 0 Å². The molecule has 19 heavy (non-hydrogen) atoms. The topological polar surface area (TPSA) is 17.8 Å². The molecule has 1 aliphatic carbocycles. The molecule has 0 amide bonds. The lowest BCUT2D eigenvalue weighted by Gasteiger charge is -2.33. The molecule has 0 saturated heterocycles. The second kappa shape index (κ2) is 6.62. The van der Waals surface area contributed by atoms with Crippen molar-refractivity contribution in [2.75, 3.05) is 0 Å². The summed E-state index contributed by atoms with van der Waals surface area (Å²) in [5.41, 5.74) is 2.19. The minimum absolute atomic E-state index is 0.631. The van der Waals surface area contributed by atoms with Crippen molar-refractivity contribution < 1.29 is 0 Å². The molecule has 0 aliphatic heterocycles. The Morgan fingerprint density at radius 1 is 1.37 bits per heavy atom. The molecule has 4 heteroatoms. The van der Waals surface area contributed by atoms with Crippen molar-refractivity contribution in [3.05, 3.63) is 16.4 Å². The average molecular weight is 348 g/mol. The number of hydrogen-bond donors (Lipinski definition) is 0. The normalized spacial score (nSPS) is 27.7. The molecular formula is C15H24BrClN2. The average Bonchev–Trinajstić information content (AvgIpc) is 2.68. The van der Waals surface area contributed by atoms with Crippen LogP contribution >= 0.6 is 27.5 Å². The van der Waals surface area contributed by atoms with Gasteiger partial charge in [0, 0.05) is 11.4 Å². The number of halogens is 2. The third-order valence-electron chi connectivity index (χ3n) is 4.48. The Hall–Kier alpha value is -0.0200. The molecule has 108 valence electrons. The van der Waals surface area contributed by atoms with Gasteiger partial charge in [0.25, 0.3) is 0 Å². The van der Waals surface area contributed by atoms with Gasteiger partial charge in [-0.2, -0.15) is 5.10 Å². The Morgan fingerprint density at radius 2 is 2.11 bits per heavy atom. The highest BCUT2D eigenvalue weighted by molar-refractivity contribution is 9.09. The second-order valence-corrected chi connectivity index (χ2v) is 7.28. The predicted molar refractivity (Wildman–Crippen MR) is 85.2 cm³/mol. The Balaban J connectivity index is 2.15. The van der Waals surface area contributed by atoms with Gasteiger partial charge < -0.3 is 0 Å². The minimum atomic E-state index is 0.631. The Kier molecular flexibility index (Phi) is 5.36. The highest BCUT2D eigenvalue weighted by Gasteiger charge is 2.30. The minimum Gasteiger partial charge on any atom is -0.268 e. The monoisotopic (exact) mass is 346 g/mol. The van der Waals surface area contributed by atoms with Crippen molar-refractivity contribution in [1.82, 2.24) is 9.78 Å². The van der Waals surface area contributed by atoms with E-state index in [1.54, 1.807) is 0 Å². The first kappa shape index (κ1) is 15.4. The van der Waals surface area contributed by atoms with E-state index in [0.29, 0.717) is 10.7 Å². The maximum absolute atomic E-state index is 6.43. The first-order valence-electron chi connectivity index (χ1n) is 7.42. The molecule has 2 rings (SSSR count). The maximum Gasteiger partial charge on any atom is 0.0847 e. The third kappa shape index (κ3) is 3.36. The summed E-state index contributed by atoms with van der Waals surface area (Å²) in [6, 6.07) is 0. The quantitative estimate of drug-likeness (QED) is 0.701. The predicted octanol–water partition coefficient (Wildman–Crippen LogP) is 5.00. The molecule has 1 heterocycles. The molecular weight excluding hydrogens is 324 g/mol. The number of aryl methyl sites for hydroxylation is 2.